The van der Waals surface area contributed by atoms with E-state index in [4.69, 9.17) is 0 Å². The zero-order chi connectivity index (χ0) is 0. The summed E-state index contributed by atoms with van der Waals surface area (Å²) in [6, 6.07) is 0. The topological polar surface area (TPSA) is 0 Å². The zero-order valence-electron chi connectivity index (χ0n) is 2.15. The summed E-state index contributed by atoms with van der Waals surface area (Å²) in [7, 11) is 0. The second-order valence-electron chi connectivity index (χ2n) is 0. The Morgan fingerprint density at radius 2 is 1.00 bits per heavy atom. The molecule has 0 nitrogen and oxygen atoms in total. The van der Waals surface area contributed by atoms with E-state index in [1.54, 1.807) is 0 Å². The van der Waals surface area contributed by atoms with Crippen LogP contribution in [0.5, 0.6) is 0 Å². The van der Waals surface area contributed by atoms with Crippen LogP contribution in [0.2, 0.25) is 0 Å². The largest absolute Gasteiger partial charge is 0 e. The molecule has 0 aromatic rings. The van der Waals surface area contributed by atoms with Gasteiger partial charge in [0.2, 0.25) is 0 Å². The molecule has 4 heteroatoms. The van der Waals surface area contributed by atoms with Gasteiger partial charge in [0.05, 0.1) is 0 Å². The van der Waals surface area contributed by atoms with Gasteiger partial charge in [0.15, 0.2) is 0 Å². The van der Waals surface area contributed by atoms with Gasteiger partial charge in [-0.05, 0) is 0 Å². The van der Waals surface area contributed by atoms with Gasteiger partial charge in [0.1, 0.15) is 0 Å². The first-order valence-electron chi connectivity index (χ1n) is 0. The monoisotopic (exact) mass is 296 g/mol. The molecule has 0 aromatic carbocycles. The van der Waals surface area contributed by atoms with Crippen LogP contribution in [-0.2, 0) is 0 Å². The van der Waals surface area contributed by atoms with Crippen molar-refractivity contribution < 1.29 is 40.8 Å². The van der Waals surface area contributed by atoms with E-state index in [1.165, 1.54) is 0 Å². The van der Waals surface area contributed by atoms with E-state index >= 15 is 0 Å². The molecule has 0 saturated carbocycles. The molecule has 0 atom stereocenters. The Hall–Kier alpha value is 2.50. The summed E-state index contributed by atoms with van der Waals surface area (Å²) < 4.78 is 0. The third-order valence-corrected chi connectivity index (χ3v) is 0. The van der Waals surface area contributed by atoms with E-state index in [0.29, 0.717) is 0 Å². The summed E-state index contributed by atoms with van der Waals surface area (Å²) in [5.74, 6) is 0. The molecule has 0 aromatic heterocycles. The summed E-state index contributed by atoms with van der Waals surface area (Å²) in [5.41, 5.74) is 0. The standard InChI is InChI=1S/B.In.Nd.Si. The number of hydrogen-bond acceptors (Lipinski definition) is 0. The predicted molar refractivity (Wildman–Crippen MR) is 17.3 cm³/mol. The SMILES string of the molecule is [B].[In].[Nd].[Si]. The normalized spacial score (nSPS) is 0. The van der Waals surface area contributed by atoms with Crippen LogP contribution >= 0.6 is 0 Å². The van der Waals surface area contributed by atoms with Crippen molar-refractivity contribution in [3.8, 4) is 0 Å². The second-order valence-corrected chi connectivity index (χ2v) is 0. The minimum Gasteiger partial charge on any atom is 0 e. The number of rotatable bonds is 0. The van der Waals surface area contributed by atoms with Gasteiger partial charge in [-0.2, -0.15) is 0 Å². The molecule has 10 radical (unpaired) electrons. The Bertz CT molecular complexity index is 8.00. The van der Waals surface area contributed by atoms with E-state index in [-0.39, 0.29) is 86.1 Å². The van der Waals surface area contributed by atoms with Gasteiger partial charge in [-0.3, -0.25) is 0 Å². The molecule has 0 saturated heterocycles. The van der Waals surface area contributed by atoms with E-state index in [0.717, 1.165) is 0 Å². The maximum absolute atomic E-state index is 0. The van der Waals surface area contributed by atoms with E-state index in [2.05, 4.69) is 0 Å². The van der Waals surface area contributed by atoms with E-state index in [1.807, 2.05) is 0 Å². The summed E-state index contributed by atoms with van der Waals surface area (Å²) in [6.45, 7) is 0. The van der Waals surface area contributed by atoms with Crippen LogP contribution in [0.1, 0.15) is 0 Å². The molecule has 0 bridgehead atoms. The first kappa shape index (κ1) is 31.4. The summed E-state index contributed by atoms with van der Waals surface area (Å²) >= 11 is 0. The Balaban J connectivity index is 0. The van der Waals surface area contributed by atoms with Crippen molar-refractivity contribution in [2.45, 2.75) is 0 Å². The third-order valence-electron chi connectivity index (χ3n) is 0. The van der Waals surface area contributed by atoms with Crippen molar-refractivity contribution in [1.82, 2.24) is 0 Å². The molecular weight excluding hydrogens is 298 g/mol. The van der Waals surface area contributed by atoms with Crippen LogP contribution in [0.4, 0.5) is 0 Å². The van der Waals surface area contributed by atoms with Crippen LogP contribution in [0.25, 0.3) is 0 Å². The van der Waals surface area contributed by atoms with Gasteiger partial charge < -0.3 is 0 Å². The predicted octanol–water partition coefficient (Wildman–Crippen LogP) is -1.14. The minimum atomic E-state index is 0. The minimum absolute atomic E-state index is 0. The Morgan fingerprint density at radius 1 is 1.00 bits per heavy atom. The average molecular weight is 298 g/mol. The Labute approximate surface area is 84.4 Å². The molecule has 0 aliphatic carbocycles. The quantitative estimate of drug-likeness (QED) is 0.496. The molecule has 4 heavy (non-hydrogen) atoms. The van der Waals surface area contributed by atoms with Gasteiger partial charge in [0, 0.05) is 86.1 Å². The van der Waals surface area contributed by atoms with Crippen molar-refractivity contribution in [3.63, 3.8) is 0 Å². The molecule has 0 unspecified atom stereocenters. The maximum Gasteiger partial charge on any atom is 0 e. The van der Waals surface area contributed by atoms with Gasteiger partial charge in [0.25, 0.3) is 0 Å². The first-order chi connectivity index (χ1) is 0. The van der Waals surface area contributed by atoms with Gasteiger partial charge in [-0.25, -0.2) is 0 Å². The number of hydrogen-bond donors (Lipinski definition) is 0. The van der Waals surface area contributed by atoms with Crippen LogP contribution < -0.4 is 0 Å². The third kappa shape index (κ3) is 8.82. The zero-order valence-corrected chi connectivity index (χ0v) is 9.66. The van der Waals surface area contributed by atoms with Crippen molar-refractivity contribution in [1.29, 1.82) is 0 Å². The first-order valence-corrected chi connectivity index (χ1v) is 0. The molecular formula is BInNdSi. The van der Waals surface area contributed by atoms with Crippen LogP contribution in [0.3, 0.4) is 0 Å². The Morgan fingerprint density at radius 3 is 1.00 bits per heavy atom. The molecule has 14 valence electrons. The van der Waals surface area contributed by atoms with Crippen LogP contribution in [-0.4, -0.2) is 45.2 Å². The molecule has 0 fully saturated rings. The van der Waals surface area contributed by atoms with E-state index in [9.17, 15) is 0 Å². The molecule has 0 N–H and O–H groups in total. The van der Waals surface area contributed by atoms with Gasteiger partial charge in [-0.1, -0.05) is 0 Å². The maximum atomic E-state index is 0. The molecule has 0 aliphatic heterocycles. The van der Waals surface area contributed by atoms with Gasteiger partial charge >= 0.3 is 0 Å². The fraction of sp³-hybridized carbons (Fsp3) is 0. The van der Waals surface area contributed by atoms with Crippen molar-refractivity contribution in [3.05, 3.63) is 0 Å². The summed E-state index contributed by atoms with van der Waals surface area (Å²) in [5, 5.41) is 0. The molecule has 0 spiro atoms. The van der Waals surface area contributed by atoms with Crippen molar-refractivity contribution >= 4 is 45.2 Å². The van der Waals surface area contributed by atoms with Crippen molar-refractivity contribution in [2.24, 2.45) is 0 Å². The Kier molecular flexibility index (Phi) is 140. The van der Waals surface area contributed by atoms with E-state index < -0.39 is 0 Å². The van der Waals surface area contributed by atoms with Gasteiger partial charge in [-0.15, -0.1) is 0 Å². The van der Waals surface area contributed by atoms with Crippen LogP contribution in [0, 0.1) is 40.8 Å². The fourth-order valence-corrected chi connectivity index (χ4v) is 0. The molecule has 0 aliphatic rings. The molecule has 0 heterocycles. The summed E-state index contributed by atoms with van der Waals surface area (Å²) in [4.78, 5) is 0. The molecule has 0 rings (SSSR count). The fourth-order valence-electron chi connectivity index (χ4n) is 0. The summed E-state index contributed by atoms with van der Waals surface area (Å²) in [6.07, 6.45) is 0. The smallest absolute Gasteiger partial charge is 0 e. The second kappa shape index (κ2) is 17.8. The average Bonchev–Trinajstić information content (AvgIpc) is 0. The van der Waals surface area contributed by atoms with Crippen molar-refractivity contribution in [2.75, 3.05) is 0 Å². The molecule has 0 amide bonds. The van der Waals surface area contributed by atoms with Crippen LogP contribution in [0.15, 0.2) is 0 Å².